The molecule has 0 radical (unpaired) electrons. The van der Waals surface area contributed by atoms with Crippen LogP contribution in [-0.2, 0) is 32.6 Å². The number of amides is 2. The molecule has 45 heavy (non-hydrogen) atoms. The number of carbonyl (C=O) groups is 2. The summed E-state index contributed by atoms with van der Waals surface area (Å²) in [6, 6.07) is 26.2. The van der Waals surface area contributed by atoms with Crippen molar-refractivity contribution in [1.29, 1.82) is 0 Å². The van der Waals surface area contributed by atoms with E-state index in [0.717, 1.165) is 15.4 Å². The van der Waals surface area contributed by atoms with E-state index in [1.807, 2.05) is 37.3 Å². The van der Waals surface area contributed by atoms with Crippen molar-refractivity contribution >= 4 is 50.7 Å². The Morgan fingerprint density at radius 1 is 0.867 bits per heavy atom. The van der Waals surface area contributed by atoms with Gasteiger partial charge >= 0.3 is 0 Å². The van der Waals surface area contributed by atoms with E-state index in [4.69, 9.17) is 27.9 Å². The zero-order valence-corrected chi connectivity index (χ0v) is 27.6. The predicted octanol–water partition coefficient (Wildman–Crippen LogP) is 6.28. The van der Waals surface area contributed by atoms with Crippen molar-refractivity contribution in [2.45, 2.75) is 37.8 Å². The maximum absolute atomic E-state index is 14.5. The van der Waals surface area contributed by atoms with Crippen LogP contribution in [0.25, 0.3) is 0 Å². The van der Waals surface area contributed by atoms with Gasteiger partial charge < -0.3 is 15.0 Å². The fraction of sp³-hybridized carbons (Fsp3) is 0.235. The number of anilines is 1. The summed E-state index contributed by atoms with van der Waals surface area (Å²) in [5.74, 6) is -0.545. The monoisotopic (exact) mass is 667 g/mol. The number of hydrogen-bond acceptors (Lipinski definition) is 5. The van der Waals surface area contributed by atoms with Gasteiger partial charge in [0.2, 0.25) is 11.8 Å². The number of aryl methyl sites for hydroxylation is 1. The molecule has 0 aromatic heterocycles. The minimum absolute atomic E-state index is 0.0179. The van der Waals surface area contributed by atoms with Crippen LogP contribution >= 0.6 is 23.2 Å². The van der Waals surface area contributed by atoms with Crippen LogP contribution < -0.4 is 14.4 Å². The van der Waals surface area contributed by atoms with Crippen molar-refractivity contribution in [1.82, 2.24) is 10.2 Å². The first-order valence-corrected chi connectivity index (χ1v) is 16.5. The molecule has 0 spiro atoms. The number of halogens is 2. The minimum Gasteiger partial charge on any atom is -0.497 e. The van der Waals surface area contributed by atoms with Crippen LogP contribution in [0.2, 0.25) is 10.0 Å². The molecule has 4 aromatic carbocycles. The molecule has 1 atom stereocenters. The number of rotatable bonds is 13. The molecule has 8 nitrogen and oxygen atoms in total. The summed E-state index contributed by atoms with van der Waals surface area (Å²) in [5, 5.41) is 3.48. The Morgan fingerprint density at radius 2 is 1.58 bits per heavy atom. The summed E-state index contributed by atoms with van der Waals surface area (Å²) in [4.78, 5) is 29.5. The normalized spacial score (nSPS) is 11.8. The molecule has 0 aliphatic rings. The molecule has 2 amide bonds. The lowest BCUT2D eigenvalue weighted by molar-refractivity contribution is -0.140. The van der Waals surface area contributed by atoms with Crippen molar-refractivity contribution < 1.29 is 22.7 Å². The highest BCUT2D eigenvalue weighted by molar-refractivity contribution is 7.92. The van der Waals surface area contributed by atoms with Crippen LogP contribution in [0.1, 0.15) is 23.6 Å². The lowest BCUT2D eigenvalue weighted by atomic mass is 10.0. The fourth-order valence-electron chi connectivity index (χ4n) is 4.81. The topological polar surface area (TPSA) is 96.0 Å². The number of likely N-dealkylation sites (N-methyl/N-ethyl adjacent to an activating group) is 1. The van der Waals surface area contributed by atoms with Crippen LogP contribution in [0.5, 0.6) is 5.75 Å². The summed E-state index contributed by atoms with van der Waals surface area (Å²) in [7, 11) is -2.76. The quantitative estimate of drug-likeness (QED) is 0.181. The van der Waals surface area contributed by atoms with Gasteiger partial charge in [0, 0.05) is 25.6 Å². The highest BCUT2D eigenvalue weighted by Gasteiger charge is 2.34. The first-order valence-electron chi connectivity index (χ1n) is 14.3. The van der Waals surface area contributed by atoms with Gasteiger partial charge in [-0.05, 0) is 61.4 Å². The van der Waals surface area contributed by atoms with Crippen molar-refractivity contribution in [2.75, 3.05) is 24.5 Å². The van der Waals surface area contributed by atoms with Gasteiger partial charge in [-0.3, -0.25) is 13.9 Å². The average molecular weight is 669 g/mol. The summed E-state index contributed by atoms with van der Waals surface area (Å²) in [6.45, 7) is 3.38. The van der Waals surface area contributed by atoms with Gasteiger partial charge in [0.1, 0.15) is 18.3 Å². The predicted molar refractivity (Wildman–Crippen MR) is 178 cm³/mol. The van der Waals surface area contributed by atoms with Gasteiger partial charge in [0.25, 0.3) is 10.0 Å². The van der Waals surface area contributed by atoms with Crippen molar-refractivity contribution in [3.63, 3.8) is 0 Å². The molecular formula is C34H35Cl2N3O5S. The number of benzene rings is 4. The molecule has 0 heterocycles. The van der Waals surface area contributed by atoms with Crippen LogP contribution in [0, 0.1) is 6.92 Å². The van der Waals surface area contributed by atoms with Crippen LogP contribution in [-0.4, -0.2) is 51.4 Å². The van der Waals surface area contributed by atoms with E-state index >= 15 is 0 Å². The molecule has 0 bridgehead atoms. The molecule has 0 aliphatic heterocycles. The number of nitrogens with zero attached hydrogens (tertiary/aromatic N) is 2. The smallest absolute Gasteiger partial charge is 0.264 e. The standard InChI is InChI=1S/C34H35Cl2N3O5S/c1-4-37-34(41)32(20-25-9-6-5-7-10-25)38(22-26-15-18-30(35)31(36)19-26)33(40)23-39(27-11-8-12-28(21-27)44-3)45(42,43)29-16-13-24(2)14-17-29/h5-19,21,32H,4,20,22-23H2,1-3H3,(H,37,41)/t32-/m1/s1. The minimum atomic E-state index is -4.23. The summed E-state index contributed by atoms with van der Waals surface area (Å²) in [6.07, 6.45) is 0.198. The Bertz CT molecular complexity index is 1730. The Kier molecular flexibility index (Phi) is 11.5. The molecule has 0 aliphatic carbocycles. The fourth-order valence-corrected chi connectivity index (χ4v) is 6.54. The average Bonchev–Trinajstić information content (AvgIpc) is 3.03. The molecule has 0 saturated heterocycles. The highest BCUT2D eigenvalue weighted by Crippen LogP contribution is 2.29. The van der Waals surface area contributed by atoms with Crippen molar-refractivity contribution in [3.8, 4) is 5.75 Å². The van der Waals surface area contributed by atoms with E-state index in [1.165, 1.54) is 24.1 Å². The van der Waals surface area contributed by atoms with Gasteiger partial charge in [-0.15, -0.1) is 0 Å². The Morgan fingerprint density at radius 3 is 2.22 bits per heavy atom. The van der Waals surface area contributed by atoms with Gasteiger partial charge in [0.05, 0.1) is 27.7 Å². The second-order valence-corrected chi connectivity index (χ2v) is 13.1. The van der Waals surface area contributed by atoms with E-state index in [9.17, 15) is 18.0 Å². The number of sulfonamides is 1. The number of nitrogens with one attached hydrogen (secondary N) is 1. The zero-order valence-electron chi connectivity index (χ0n) is 25.2. The van der Waals surface area contributed by atoms with Crippen LogP contribution in [0.3, 0.4) is 0 Å². The second-order valence-electron chi connectivity index (χ2n) is 10.4. The Labute approximate surface area is 274 Å². The van der Waals surface area contributed by atoms with Crippen LogP contribution in [0.4, 0.5) is 5.69 Å². The zero-order chi connectivity index (χ0) is 32.6. The maximum Gasteiger partial charge on any atom is 0.264 e. The summed E-state index contributed by atoms with van der Waals surface area (Å²) >= 11 is 12.5. The first kappa shape index (κ1) is 33.8. The summed E-state index contributed by atoms with van der Waals surface area (Å²) < 4.78 is 34.7. The Hall–Kier alpha value is -4.05. The van der Waals surface area contributed by atoms with E-state index in [1.54, 1.807) is 61.5 Å². The largest absolute Gasteiger partial charge is 0.497 e. The molecule has 1 N–H and O–H groups in total. The van der Waals surface area contributed by atoms with Gasteiger partial charge in [-0.1, -0.05) is 83.4 Å². The first-order chi connectivity index (χ1) is 21.5. The van der Waals surface area contributed by atoms with Gasteiger partial charge in [-0.2, -0.15) is 0 Å². The van der Waals surface area contributed by atoms with Gasteiger partial charge in [0.15, 0.2) is 0 Å². The van der Waals surface area contributed by atoms with Crippen molar-refractivity contribution in [3.05, 3.63) is 124 Å². The van der Waals surface area contributed by atoms with Crippen LogP contribution in [0.15, 0.2) is 102 Å². The summed E-state index contributed by atoms with van der Waals surface area (Å²) in [5.41, 5.74) is 2.57. The Balaban J connectivity index is 1.82. The number of carbonyl (C=O) groups excluding carboxylic acids is 2. The maximum atomic E-state index is 14.5. The lowest BCUT2D eigenvalue weighted by Gasteiger charge is -2.34. The van der Waals surface area contributed by atoms with E-state index in [0.29, 0.717) is 27.9 Å². The van der Waals surface area contributed by atoms with Crippen molar-refractivity contribution in [2.24, 2.45) is 0 Å². The number of hydrogen-bond donors (Lipinski definition) is 1. The van der Waals surface area contributed by atoms with E-state index in [2.05, 4.69) is 5.32 Å². The third kappa shape index (κ3) is 8.57. The van der Waals surface area contributed by atoms with E-state index in [-0.39, 0.29) is 29.5 Å². The molecule has 0 unspecified atom stereocenters. The van der Waals surface area contributed by atoms with Gasteiger partial charge in [-0.25, -0.2) is 8.42 Å². The van der Waals surface area contributed by atoms with E-state index < -0.39 is 28.5 Å². The molecule has 4 rings (SSSR count). The molecule has 4 aromatic rings. The highest BCUT2D eigenvalue weighted by atomic mass is 35.5. The third-order valence-electron chi connectivity index (χ3n) is 7.19. The SMILES string of the molecule is CCNC(=O)[C@@H](Cc1ccccc1)N(Cc1ccc(Cl)c(Cl)c1)C(=O)CN(c1cccc(OC)c1)S(=O)(=O)c1ccc(C)cc1. The molecule has 11 heteroatoms. The molecule has 0 fully saturated rings. The number of ether oxygens (including phenoxy) is 1. The lowest BCUT2D eigenvalue weighted by Crippen LogP contribution is -2.53. The number of methoxy groups -OCH3 is 1. The molecular weight excluding hydrogens is 633 g/mol. The molecule has 236 valence electrons. The third-order valence-corrected chi connectivity index (χ3v) is 9.72. The second kappa shape index (κ2) is 15.3. The molecule has 0 saturated carbocycles.